The van der Waals surface area contributed by atoms with E-state index in [4.69, 9.17) is 5.73 Å². The van der Waals surface area contributed by atoms with Gasteiger partial charge in [-0.1, -0.05) is 13.8 Å². The lowest BCUT2D eigenvalue weighted by Crippen LogP contribution is -2.41. The SMILES string of the molecule is C[C@@H]1CN(c2cc(-n3cccn3)nc(N)n2)C[C@@H](C)S1. The largest absolute Gasteiger partial charge is 0.368 e. The van der Waals surface area contributed by atoms with Gasteiger partial charge in [0.25, 0.3) is 0 Å². The van der Waals surface area contributed by atoms with Gasteiger partial charge in [0.1, 0.15) is 5.82 Å². The number of rotatable bonds is 2. The van der Waals surface area contributed by atoms with Crippen LogP contribution >= 0.6 is 11.8 Å². The predicted molar refractivity (Wildman–Crippen MR) is 82.3 cm³/mol. The fourth-order valence-electron chi connectivity index (χ4n) is 2.49. The Morgan fingerprint density at radius 2 is 1.90 bits per heavy atom. The summed E-state index contributed by atoms with van der Waals surface area (Å²) in [5.74, 6) is 1.87. The van der Waals surface area contributed by atoms with Crippen LogP contribution in [0.15, 0.2) is 24.5 Å². The number of nitrogens with zero attached hydrogens (tertiary/aromatic N) is 5. The first-order valence-corrected chi connectivity index (χ1v) is 7.61. The molecule has 3 heterocycles. The molecule has 0 aromatic carbocycles. The summed E-state index contributed by atoms with van der Waals surface area (Å²) >= 11 is 2.01. The molecule has 2 atom stereocenters. The number of hydrogen-bond donors (Lipinski definition) is 1. The second-order valence-electron chi connectivity index (χ2n) is 5.06. The molecule has 3 rings (SSSR count). The van der Waals surface area contributed by atoms with E-state index in [1.54, 1.807) is 10.9 Å². The maximum Gasteiger partial charge on any atom is 0.224 e. The van der Waals surface area contributed by atoms with E-state index >= 15 is 0 Å². The van der Waals surface area contributed by atoms with Crippen LogP contribution in [0.4, 0.5) is 11.8 Å². The minimum Gasteiger partial charge on any atom is -0.368 e. The molecule has 1 aliphatic rings. The van der Waals surface area contributed by atoms with Crippen molar-refractivity contribution in [2.45, 2.75) is 24.3 Å². The molecule has 2 aromatic heterocycles. The summed E-state index contributed by atoms with van der Waals surface area (Å²) in [6.07, 6.45) is 3.57. The zero-order valence-electron chi connectivity index (χ0n) is 11.6. The molecule has 0 amide bonds. The topological polar surface area (TPSA) is 72.9 Å². The summed E-state index contributed by atoms with van der Waals surface area (Å²) in [6, 6.07) is 3.80. The minimum absolute atomic E-state index is 0.284. The maximum atomic E-state index is 5.85. The van der Waals surface area contributed by atoms with Gasteiger partial charge in [0.15, 0.2) is 5.82 Å². The van der Waals surface area contributed by atoms with Crippen LogP contribution in [0.2, 0.25) is 0 Å². The summed E-state index contributed by atoms with van der Waals surface area (Å²) in [5, 5.41) is 5.36. The molecule has 0 bridgehead atoms. The fraction of sp³-hybridized carbons (Fsp3) is 0.462. The number of nitrogen functional groups attached to an aromatic ring is 1. The zero-order valence-corrected chi connectivity index (χ0v) is 12.4. The molecule has 0 saturated carbocycles. The van der Waals surface area contributed by atoms with Crippen LogP contribution in [0.25, 0.3) is 5.82 Å². The van der Waals surface area contributed by atoms with Crippen molar-refractivity contribution in [3.63, 3.8) is 0 Å². The highest BCUT2D eigenvalue weighted by molar-refractivity contribution is 8.00. The number of thioether (sulfide) groups is 1. The van der Waals surface area contributed by atoms with Gasteiger partial charge < -0.3 is 10.6 Å². The average molecular weight is 290 g/mol. The number of anilines is 2. The van der Waals surface area contributed by atoms with Gasteiger partial charge in [-0.25, -0.2) is 4.68 Å². The van der Waals surface area contributed by atoms with E-state index in [0.29, 0.717) is 16.3 Å². The highest BCUT2D eigenvalue weighted by atomic mass is 32.2. The first-order chi connectivity index (χ1) is 9.61. The number of hydrogen-bond acceptors (Lipinski definition) is 6. The standard InChI is InChI=1S/C13H18N6S/c1-9-7-18(8-10(2)20-9)11-6-12(17-13(14)16-11)19-5-3-4-15-19/h3-6,9-10H,7-8H2,1-2H3,(H2,14,16,17)/t9-,10-/m1/s1. The zero-order chi connectivity index (χ0) is 14.1. The van der Waals surface area contributed by atoms with E-state index in [0.717, 1.165) is 18.9 Å². The van der Waals surface area contributed by atoms with Gasteiger partial charge in [-0.05, 0) is 6.07 Å². The monoisotopic (exact) mass is 290 g/mol. The molecule has 0 aliphatic carbocycles. The average Bonchev–Trinajstić information content (AvgIpc) is 2.90. The Morgan fingerprint density at radius 3 is 2.55 bits per heavy atom. The first-order valence-electron chi connectivity index (χ1n) is 6.67. The van der Waals surface area contributed by atoms with Crippen LogP contribution in [0.1, 0.15) is 13.8 Å². The number of nitrogens with two attached hydrogens (primary N) is 1. The predicted octanol–water partition coefficient (Wildman–Crippen LogP) is 1.57. The maximum absolute atomic E-state index is 5.85. The lowest BCUT2D eigenvalue weighted by molar-refractivity contribution is 0.715. The summed E-state index contributed by atoms with van der Waals surface area (Å²) < 4.78 is 1.70. The molecule has 0 unspecified atom stereocenters. The molecule has 1 aliphatic heterocycles. The highest BCUT2D eigenvalue weighted by Crippen LogP contribution is 2.28. The van der Waals surface area contributed by atoms with Crippen molar-refractivity contribution >= 4 is 23.5 Å². The third kappa shape index (κ3) is 2.72. The second-order valence-corrected chi connectivity index (χ2v) is 6.94. The van der Waals surface area contributed by atoms with Crippen molar-refractivity contribution < 1.29 is 0 Å². The van der Waals surface area contributed by atoms with Crippen LogP contribution in [0.5, 0.6) is 0 Å². The Labute approximate surface area is 122 Å². The van der Waals surface area contributed by atoms with E-state index in [1.165, 1.54) is 0 Å². The molecule has 2 N–H and O–H groups in total. The molecule has 6 nitrogen and oxygen atoms in total. The Morgan fingerprint density at radius 1 is 1.20 bits per heavy atom. The smallest absolute Gasteiger partial charge is 0.224 e. The lowest BCUT2D eigenvalue weighted by Gasteiger charge is -2.35. The molecule has 0 spiro atoms. The first kappa shape index (κ1) is 13.2. The van der Waals surface area contributed by atoms with Gasteiger partial charge in [-0.2, -0.15) is 26.8 Å². The van der Waals surface area contributed by atoms with Gasteiger partial charge in [-0.15, -0.1) is 0 Å². The molecular weight excluding hydrogens is 272 g/mol. The van der Waals surface area contributed by atoms with E-state index < -0.39 is 0 Å². The Bertz CT molecular complexity index is 575. The Kier molecular flexibility index (Phi) is 3.52. The highest BCUT2D eigenvalue weighted by Gasteiger charge is 2.24. The van der Waals surface area contributed by atoms with Crippen molar-refractivity contribution in [2.24, 2.45) is 0 Å². The summed E-state index contributed by atoms with van der Waals surface area (Å²) in [5.41, 5.74) is 5.85. The van der Waals surface area contributed by atoms with E-state index in [-0.39, 0.29) is 5.95 Å². The van der Waals surface area contributed by atoms with E-state index in [9.17, 15) is 0 Å². The fourth-order valence-corrected chi connectivity index (χ4v) is 3.81. The third-order valence-corrected chi connectivity index (χ3v) is 4.43. The summed E-state index contributed by atoms with van der Waals surface area (Å²) in [7, 11) is 0. The van der Waals surface area contributed by atoms with Crippen LogP contribution in [-0.4, -0.2) is 43.3 Å². The quantitative estimate of drug-likeness (QED) is 0.905. The van der Waals surface area contributed by atoms with Gasteiger partial charge in [0.05, 0.1) is 0 Å². The Hall–Kier alpha value is -1.76. The van der Waals surface area contributed by atoms with Crippen LogP contribution in [0, 0.1) is 0 Å². The molecule has 1 saturated heterocycles. The summed E-state index contributed by atoms with van der Waals surface area (Å²) in [6.45, 7) is 6.44. The summed E-state index contributed by atoms with van der Waals surface area (Å²) in [4.78, 5) is 10.9. The van der Waals surface area contributed by atoms with Crippen LogP contribution in [-0.2, 0) is 0 Å². The van der Waals surface area contributed by atoms with Crippen molar-refractivity contribution in [2.75, 3.05) is 23.7 Å². The molecule has 7 heteroatoms. The van der Waals surface area contributed by atoms with E-state index in [2.05, 4.69) is 33.8 Å². The number of aromatic nitrogens is 4. The molecule has 0 radical (unpaired) electrons. The van der Waals surface area contributed by atoms with Crippen LogP contribution < -0.4 is 10.6 Å². The minimum atomic E-state index is 0.284. The van der Waals surface area contributed by atoms with Crippen LogP contribution in [0.3, 0.4) is 0 Å². The molecule has 2 aromatic rings. The van der Waals surface area contributed by atoms with Crippen molar-refractivity contribution in [1.82, 2.24) is 19.7 Å². The van der Waals surface area contributed by atoms with Crippen molar-refractivity contribution in [1.29, 1.82) is 0 Å². The Balaban J connectivity index is 1.93. The molecule has 20 heavy (non-hydrogen) atoms. The normalized spacial score (nSPS) is 23.0. The third-order valence-electron chi connectivity index (χ3n) is 3.20. The van der Waals surface area contributed by atoms with Crippen molar-refractivity contribution in [3.05, 3.63) is 24.5 Å². The van der Waals surface area contributed by atoms with Crippen molar-refractivity contribution in [3.8, 4) is 5.82 Å². The lowest BCUT2D eigenvalue weighted by atomic mass is 10.3. The van der Waals surface area contributed by atoms with E-state index in [1.807, 2.05) is 30.1 Å². The molecular formula is C13H18N6S. The van der Waals surface area contributed by atoms with Gasteiger partial charge in [-0.3, -0.25) is 0 Å². The van der Waals surface area contributed by atoms with Gasteiger partial charge in [0.2, 0.25) is 5.95 Å². The molecule has 106 valence electrons. The second kappa shape index (κ2) is 5.32. The van der Waals surface area contributed by atoms with Gasteiger partial charge >= 0.3 is 0 Å². The molecule has 1 fully saturated rings. The van der Waals surface area contributed by atoms with Gasteiger partial charge in [0, 0.05) is 42.0 Å².